The van der Waals surface area contributed by atoms with Crippen molar-refractivity contribution in [3.05, 3.63) is 27.7 Å². The number of benzene rings is 1. The van der Waals surface area contributed by atoms with Gasteiger partial charge in [-0.2, -0.15) is 0 Å². The number of hydrogen-bond acceptors (Lipinski definition) is 2. The number of anilines is 1. The standard InChI is InChI=1S/C16H22BrClN2O/c1-3-20(13-4-5-15(18)14(17)11-13)16(21)10-12-6-8-19(2)9-7-12/h4-5,11-12H,3,6-10H2,1-2H3. The van der Waals surface area contributed by atoms with Crippen LogP contribution < -0.4 is 4.90 Å². The average molecular weight is 374 g/mol. The zero-order valence-electron chi connectivity index (χ0n) is 12.6. The van der Waals surface area contributed by atoms with E-state index in [4.69, 9.17) is 11.6 Å². The van der Waals surface area contributed by atoms with Crippen LogP contribution in [0, 0.1) is 5.92 Å². The molecule has 1 aromatic rings. The molecule has 2 rings (SSSR count). The fourth-order valence-electron chi connectivity index (χ4n) is 2.78. The van der Waals surface area contributed by atoms with Gasteiger partial charge in [0.1, 0.15) is 0 Å². The Bertz CT molecular complexity index is 501. The molecule has 0 spiro atoms. The maximum absolute atomic E-state index is 12.6. The number of hydrogen-bond donors (Lipinski definition) is 0. The molecule has 1 aliphatic heterocycles. The van der Waals surface area contributed by atoms with Crippen LogP contribution in [0.1, 0.15) is 26.2 Å². The molecule has 1 aromatic carbocycles. The van der Waals surface area contributed by atoms with Gasteiger partial charge in [-0.1, -0.05) is 11.6 Å². The molecular formula is C16H22BrClN2O. The van der Waals surface area contributed by atoms with Crippen molar-refractivity contribution >= 4 is 39.1 Å². The molecule has 1 aliphatic rings. The molecular weight excluding hydrogens is 352 g/mol. The molecule has 0 N–H and O–H groups in total. The number of amides is 1. The molecule has 1 amide bonds. The molecule has 1 fully saturated rings. The van der Waals surface area contributed by atoms with Gasteiger partial charge in [-0.05, 0) is 79.9 Å². The van der Waals surface area contributed by atoms with Crippen molar-refractivity contribution in [2.75, 3.05) is 31.6 Å². The van der Waals surface area contributed by atoms with Crippen LogP contribution in [-0.4, -0.2) is 37.5 Å². The summed E-state index contributed by atoms with van der Waals surface area (Å²) >= 11 is 9.44. The Morgan fingerprint density at radius 1 is 1.43 bits per heavy atom. The van der Waals surface area contributed by atoms with E-state index in [1.807, 2.05) is 30.0 Å². The second-order valence-corrected chi connectivity index (χ2v) is 6.95. The molecule has 116 valence electrons. The molecule has 0 aromatic heterocycles. The molecule has 0 saturated carbocycles. The SMILES string of the molecule is CCN(C(=O)CC1CCN(C)CC1)c1ccc(Cl)c(Br)c1. The third kappa shape index (κ3) is 4.44. The normalized spacial score (nSPS) is 17.0. The monoisotopic (exact) mass is 372 g/mol. The quantitative estimate of drug-likeness (QED) is 0.790. The summed E-state index contributed by atoms with van der Waals surface area (Å²) in [7, 11) is 2.14. The van der Waals surface area contributed by atoms with Gasteiger partial charge in [0.25, 0.3) is 0 Å². The Kier molecular flexibility index (Phi) is 6.08. The number of carbonyl (C=O) groups excluding carboxylic acids is 1. The number of rotatable bonds is 4. The van der Waals surface area contributed by atoms with E-state index in [0.717, 1.165) is 36.1 Å². The van der Waals surface area contributed by atoms with Crippen LogP contribution in [0.15, 0.2) is 22.7 Å². The van der Waals surface area contributed by atoms with E-state index in [0.29, 0.717) is 23.9 Å². The number of halogens is 2. The predicted octanol–water partition coefficient (Wildman–Crippen LogP) is 4.19. The van der Waals surface area contributed by atoms with Gasteiger partial charge in [0.2, 0.25) is 5.91 Å². The predicted molar refractivity (Wildman–Crippen MR) is 92.0 cm³/mol. The summed E-state index contributed by atoms with van der Waals surface area (Å²) < 4.78 is 0.826. The number of nitrogens with zero attached hydrogens (tertiary/aromatic N) is 2. The minimum Gasteiger partial charge on any atom is -0.313 e. The first-order valence-corrected chi connectivity index (χ1v) is 8.62. The molecule has 21 heavy (non-hydrogen) atoms. The summed E-state index contributed by atoms with van der Waals surface area (Å²) in [5, 5.41) is 0.664. The number of likely N-dealkylation sites (tertiary alicyclic amines) is 1. The van der Waals surface area contributed by atoms with Crippen molar-refractivity contribution in [1.82, 2.24) is 4.90 Å². The average Bonchev–Trinajstić information content (AvgIpc) is 2.46. The second-order valence-electron chi connectivity index (χ2n) is 5.69. The van der Waals surface area contributed by atoms with E-state index >= 15 is 0 Å². The zero-order valence-corrected chi connectivity index (χ0v) is 15.0. The lowest BCUT2D eigenvalue weighted by Gasteiger charge is -2.30. The van der Waals surface area contributed by atoms with Crippen LogP contribution in [0.2, 0.25) is 5.02 Å². The maximum atomic E-state index is 12.6. The summed E-state index contributed by atoms with van der Waals surface area (Å²) in [5.74, 6) is 0.722. The lowest BCUT2D eigenvalue weighted by molar-refractivity contribution is -0.119. The van der Waals surface area contributed by atoms with Crippen molar-refractivity contribution in [1.29, 1.82) is 0 Å². The molecule has 0 atom stereocenters. The van der Waals surface area contributed by atoms with Gasteiger partial charge < -0.3 is 9.80 Å². The molecule has 1 saturated heterocycles. The van der Waals surface area contributed by atoms with Gasteiger partial charge in [0.05, 0.1) is 5.02 Å². The van der Waals surface area contributed by atoms with Crippen LogP contribution >= 0.6 is 27.5 Å². The van der Waals surface area contributed by atoms with E-state index < -0.39 is 0 Å². The van der Waals surface area contributed by atoms with E-state index in [1.54, 1.807) is 0 Å². The molecule has 1 heterocycles. The first kappa shape index (κ1) is 16.8. The molecule has 0 radical (unpaired) electrons. The van der Waals surface area contributed by atoms with Gasteiger partial charge in [0.15, 0.2) is 0 Å². The van der Waals surface area contributed by atoms with Crippen LogP contribution in [0.25, 0.3) is 0 Å². The van der Waals surface area contributed by atoms with Gasteiger partial charge in [0, 0.05) is 23.1 Å². The molecule has 0 bridgehead atoms. The van der Waals surface area contributed by atoms with Crippen molar-refractivity contribution in [2.24, 2.45) is 5.92 Å². The fraction of sp³-hybridized carbons (Fsp3) is 0.562. The fourth-order valence-corrected chi connectivity index (χ4v) is 3.26. The zero-order chi connectivity index (χ0) is 15.4. The van der Waals surface area contributed by atoms with Crippen LogP contribution in [0.4, 0.5) is 5.69 Å². The van der Waals surface area contributed by atoms with Crippen LogP contribution in [0.3, 0.4) is 0 Å². The van der Waals surface area contributed by atoms with E-state index in [1.165, 1.54) is 0 Å². The minimum atomic E-state index is 0.210. The van der Waals surface area contributed by atoms with Crippen molar-refractivity contribution < 1.29 is 4.79 Å². The first-order valence-electron chi connectivity index (χ1n) is 7.45. The second kappa shape index (κ2) is 7.61. The summed E-state index contributed by atoms with van der Waals surface area (Å²) in [4.78, 5) is 16.8. The summed E-state index contributed by atoms with van der Waals surface area (Å²) in [6, 6.07) is 5.65. The maximum Gasteiger partial charge on any atom is 0.227 e. The molecule has 5 heteroatoms. The van der Waals surface area contributed by atoms with Gasteiger partial charge >= 0.3 is 0 Å². The lowest BCUT2D eigenvalue weighted by atomic mass is 9.93. The van der Waals surface area contributed by atoms with Crippen molar-refractivity contribution in [2.45, 2.75) is 26.2 Å². The van der Waals surface area contributed by atoms with E-state index in [-0.39, 0.29) is 5.91 Å². The van der Waals surface area contributed by atoms with Gasteiger partial charge in [-0.3, -0.25) is 4.79 Å². The largest absolute Gasteiger partial charge is 0.313 e. The van der Waals surface area contributed by atoms with Crippen molar-refractivity contribution in [3.63, 3.8) is 0 Å². The molecule has 0 unspecified atom stereocenters. The highest BCUT2D eigenvalue weighted by Gasteiger charge is 2.23. The van der Waals surface area contributed by atoms with Gasteiger partial charge in [-0.15, -0.1) is 0 Å². The molecule has 3 nitrogen and oxygen atoms in total. The highest BCUT2D eigenvalue weighted by Crippen LogP contribution is 2.29. The Morgan fingerprint density at radius 3 is 2.67 bits per heavy atom. The number of carbonyl (C=O) groups is 1. The summed E-state index contributed by atoms with van der Waals surface area (Å²) in [6.45, 7) is 4.88. The Hall–Kier alpha value is -0.580. The lowest BCUT2D eigenvalue weighted by Crippen LogP contribution is -2.36. The Balaban J connectivity index is 2.02. The Morgan fingerprint density at radius 2 is 2.10 bits per heavy atom. The third-order valence-electron chi connectivity index (χ3n) is 4.13. The van der Waals surface area contributed by atoms with Gasteiger partial charge in [-0.25, -0.2) is 0 Å². The van der Waals surface area contributed by atoms with E-state index in [2.05, 4.69) is 27.9 Å². The topological polar surface area (TPSA) is 23.6 Å². The van der Waals surface area contributed by atoms with Crippen LogP contribution in [0.5, 0.6) is 0 Å². The summed E-state index contributed by atoms with van der Waals surface area (Å²) in [6.07, 6.45) is 2.87. The third-order valence-corrected chi connectivity index (χ3v) is 5.35. The summed E-state index contributed by atoms with van der Waals surface area (Å²) in [5.41, 5.74) is 0.909. The minimum absolute atomic E-state index is 0.210. The first-order chi connectivity index (χ1) is 10.0. The highest BCUT2D eigenvalue weighted by atomic mass is 79.9. The Labute approximate surface area is 140 Å². The number of piperidine rings is 1. The highest BCUT2D eigenvalue weighted by molar-refractivity contribution is 9.10. The van der Waals surface area contributed by atoms with Crippen molar-refractivity contribution in [3.8, 4) is 0 Å². The van der Waals surface area contributed by atoms with Crippen LogP contribution in [-0.2, 0) is 4.79 Å². The molecule has 0 aliphatic carbocycles. The smallest absolute Gasteiger partial charge is 0.227 e. The van der Waals surface area contributed by atoms with E-state index in [9.17, 15) is 4.79 Å².